The van der Waals surface area contributed by atoms with Crippen LogP contribution in [0.2, 0.25) is 5.02 Å². The van der Waals surface area contributed by atoms with Crippen molar-refractivity contribution in [2.75, 3.05) is 12.4 Å². The Morgan fingerprint density at radius 3 is 2.82 bits per heavy atom. The van der Waals surface area contributed by atoms with Crippen LogP contribution in [0.1, 0.15) is 10.4 Å². The van der Waals surface area contributed by atoms with Crippen molar-refractivity contribution in [1.29, 1.82) is 0 Å². The molecule has 0 bridgehead atoms. The molecule has 0 saturated carbocycles. The number of hydrogen-bond acceptors (Lipinski definition) is 3. The van der Waals surface area contributed by atoms with Gasteiger partial charge in [-0.3, -0.25) is 0 Å². The lowest BCUT2D eigenvalue weighted by Gasteiger charge is -2.11. The highest BCUT2D eigenvalue weighted by Gasteiger charge is 2.03. The average Bonchev–Trinajstić information content (AvgIpc) is 2.73. The molecule has 0 unspecified atom stereocenters. The highest BCUT2D eigenvalue weighted by Crippen LogP contribution is 2.27. The van der Waals surface area contributed by atoms with Gasteiger partial charge in [-0.15, -0.1) is 11.3 Å². The van der Waals surface area contributed by atoms with Crippen molar-refractivity contribution in [1.82, 2.24) is 0 Å². The second-order valence-electron chi connectivity index (χ2n) is 3.79. The Morgan fingerprint density at radius 1 is 1.35 bits per heavy atom. The lowest BCUT2D eigenvalue weighted by Crippen LogP contribution is -2.00. The summed E-state index contributed by atoms with van der Waals surface area (Å²) in [6.07, 6.45) is 0. The Bertz CT molecular complexity index is 510. The van der Waals surface area contributed by atoms with Gasteiger partial charge < -0.3 is 10.1 Å². The lowest BCUT2D eigenvalue weighted by atomic mass is 10.2. The summed E-state index contributed by atoms with van der Waals surface area (Å²) in [7, 11) is 1.68. The maximum Gasteiger partial charge on any atom is 0.142 e. The molecule has 0 radical (unpaired) electrons. The molecule has 0 saturated heterocycles. The zero-order valence-electron chi connectivity index (χ0n) is 9.79. The third-order valence-corrected chi connectivity index (χ3v) is 3.72. The van der Waals surface area contributed by atoms with Gasteiger partial charge in [0.25, 0.3) is 0 Å². The SMILES string of the molecule is COc1cc(C)ccc1NCc1cc(Cl)cs1. The van der Waals surface area contributed by atoms with Gasteiger partial charge in [0, 0.05) is 16.8 Å². The van der Waals surface area contributed by atoms with Gasteiger partial charge in [0.15, 0.2) is 0 Å². The van der Waals surface area contributed by atoms with E-state index in [-0.39, 0.29) is 0 Å². The molecule has 4 heteroatoms. The molecule has 2 nitrogen and oxygen atoms in total. The quantitative estimate of drug-likeness (QED) is 0.890. The molecule has 1 heterocycles. The minimum Gasteiger partial charge on any atom is -0.495 e. The minimum atomic E-state index is 0.761. The Balaban J connectivity index is 2.08. The first kappa shape index (κ1) is 12.3. The third-order valence-electron chi connectivity index (χ3n) is 2.43. The first-order valence-corrected chi connectivity index (χ1v) is 6.56. The van der Waals surface area contributed by atoms with Gasteiger partial charge in [-0.1, -0.05) is 17.7 Å². The Kier molecular flexibility index (Phi) is 3.92. The van der Waals surface area contributed by atoms with Gasteiger partial charge in [-0.2, -0.15) is 0 Å². The van der Waals surface area contributed by atoms with E-state index in [9.17, 15) is 0 Å². The van der Waals surface area contributed by atoms with Crippen molar-refractivity contribution in [2.24, 2.45) is 0 Å². The summed E-state index contributed by atoms with van der Waals surface area (Å²) < 4.78 is 5.33. The summed E-state index contributed by atoms with van der Waals surface area (Å²) in [4.78, 5) is 1.21. The zero-order valence-corrected chi connectivity index (χ0v) is 11.4. The average molecular weight is 268 g/mol. The van der Waals surface area contributed by atoms with E-state index in [0.29, 0.717) is 0 Å². The molecular weight excluding hydrogens is 254 g/mol. The molecule has 1 N–H and O–H groups in total. The van der Waals surface area contributed by atoms with Crippen LogP contribution < -0.4 is 10.1 Å². The predicted molar refractivity (Wildman–Crippen MR) is 74.4 cm³/mol. The summed E-state index contributed by atoms with van der Waals surface area (Å²) in [5.41, 5.74) is 2.19. The summed E-state index contributed by atoms with van der Waals surface area (Å²) >= 11 is 7.53. The van der Waals surface area contributed by atoms with E-state index < -0.39 is 0 Å². The molecule has 0 atom stereocenters. The maximum atomic E-state index is 5.88. The van der Waals surface area contributed by atoms with Crippen LogP contribution in [0.4, 0.5) is 5.69 Å². The van der Waals surface area contributed by atoms with E-state index in [1.807, 2.05) is 30.5 Å². The van der Waals surface area contributed by atoms with Crippen molar-refractivity contribution < 1.29 is 4.74 Å². The van der Waals surface area contributed by atoms with E-state index >= 15 is 0 Å². The molecular formula is C13H14ClNOS. The van der Waals surface area contributed by atoms with Crippen LogP contribution in [0, 0.1) is 6.92 Å². The van der Waals surface area contributed by atoms with Crippen LogP contribution in [-0.2, 0) is 6.54 Å². The van der Waals surface area contributed by atoms with Crippen LogP contribution in [0.15, 0.2) is 29.6 Å². The number of benzene rings is 1. The summed E-state index contributed by atoms with van der Waals surface area (Å²) in [6, 6.07) is 8.08. The summed E-state index contributed by atoms with van der Waals surface area (Å²) in [6.45, 7) is 2.81. The topological polar surface area (TPSA) is 21.3 Å². The number of aryl methyl sites for hydroxylation is 1. The molecule has 0 aliphatic heterocycles. The number of halogens is 1. The van der Waals surface area contributed by atoms with Crippen molar-refractivity contribution in [3.8, 4) is 5.75 Å². The molecule has 2 rings (SSSR count). The van der Waals surface area contributed by atoms with E-state index in [1.165, 1.54) is 10.4 Å². The van der Waals surface area contributed by atoms with Crippen molar-refractivity contribution in [3.05, 3.63) is 45.1 Å². The van der Waals surface area contributed by atoms with Gasteiger partial charge in [0.2, 0.25) is 0 Å². The second kappa shape index (κ2) is 5.43. The summed E-state index contributed by atoms with van der Waals surface area (Å²) in [5, 5.41) is 6.08. The molecule has 0 spiro atoms. The fourth-order valence-electron chi connectivity index (χ4n) is 1.57. The van der Waals surface area contributed by atoms with Crippen molar-refractivity contribution in [3.63, 3.8) is 0 Å². The number of anilines is 1. The van der Waals surface area contributed by atoms with Crippen LogP contribution in [0.3, 0.4) is 0 Å². The van der Waals surface area contributed by atoms with Gasteiger partial charge >= 0.3 is 0 Å². The molecule has 0 aliphatic rings. The van der Waals surface area contributed by atoms with Crippen LogP contribution >= 0.6 is 22.9 Å². The molecule has 90 valence electrons. The van der Waals surface area contributed by atoms with Crippen LogP contribution in [-0.4, -0.2) is 7.11 Å². The Hall–Kier alpha value is -1.19. The largest absolute Gasteiger partial charge is 0.495 e. The number of thiophene rings is 1. The predicted octanol–water partition coefficient (Wildman–Crippen LogP) is 4.33. The standard InChI is InChI=1S/C13H14ClNOS/c1-9-3-4-12(13(5-9)16-2)15-7-11-6-10(14)8-17-11/h3-6,8,15H,7H2,1-2H3. The Labute approximate surface area is 110 Å². The molecule has 0 aliphatic carbocycles. The third kappa shape index (κ3) is 3.14. The molecule has 2 aromatic rings. The normalized spacial score (nSPS) is 10.3. The molecule has 17 heavy (non-hydrogen) atoms. The fourth-order valence-corrected chi connectivity index (χ4v) is 2.59. The first-order valence-electron chi connectivity index (χ1n) is 5.30. The number of hydrogen-bond donors (Lipinski definition) is 1. The Morgan fingerprint density at radius 2 is 2.18 bits per heavy atom. The van der Waals surface area contributed by atoms with E-state index in [0.717, 1.165) is 23.0 Å². The van der Waals surface area contributed by atoms with Gasteiger partial charge in [0.05, 0.1) is 17.8 Å². The highest BCUT2D eigenvalue weighted by atomic mass is 35.5. The van der Waals surface area contributed by atoms with E-state index in [2.05, 4.69) is 11.4 Å². The number of methoxy groups -OCH3 is 1. The number of nitrogens with one attached hydrogen (secondary N) is 1. The van der Waals surface area contributed by atoms with Crippen molar-refractivity contribution in [2.45, 2.75) is 13.5 Å². The molecule has 0 amide bonds. The molecule has 1 aromatic heterocycles. The summed E-state index contributed by atoms with van der Waals surface area (Å²) in [5.74, 6) is 0.868. The number of rotatable bonds is 4. The van der Waals surface area contributed by atoms with Gasteiger partial charge in [-0.25, -0.2) is 0 Å². The maximum absolute atomic E-state index is 5.88. The van der Waals surface area contributed by atoms with E-state index in [4.69, 9.17) is 16.3 Å². The highest BCUT2D eigenvalue weighted by molar-refractivity contribution is 7.10. The second-order valence-corrected chi connectivity index (χ2v) is 5.22. The smallest absolute Gasteiger partial charge is 0.142 e. The fraction of sp³-hybridized carbons (Fsp3) is 0.231. The molecule has 1 aromatic carbocycles. The lowest BCUT2D eigenvalue weighted by molar-refractivity contribution is 0.416. The number of ether oxygens (including phenoxy) is 1. The first-order chi connectivity index (χ1) is 8.19. The van der Waals surface area contributed by atoms with Gasteiger partial charge in [-0.05, 0) is 30.7 Å². The minimum absolute atomic E-state index is 0.761. The van der Waals surface area contributed by atoms with Gasteiger partial charge in [0.1, 0.15) is 5.75 Å². The zero-order chi connectivity index (χ0) is 12.3. The molecule has 0 fully saturated rings. The van der Waals surface area contributed by atoms with Crippen LogP contribution in [0.25, 0.3) is 0 Å². The van der Waals surface area contributed by atoms with Crippen LogP contribution in [0.5, 0.6) is 5.75 Å². The van der Waals surface area contributed by atoms with Crippen molar-refractivity contribution >= 4 is 28.6 Å². The monoisotopic (exact) mass is 267 g/mol. The van der Waals surface area contributed by atoms with E-state index in [1.54, 1.807) is 18.4 Å².